The number of halogens is 3. The van der Waals surface area contributed by atoms with Crippen LogP contribution in [-0.4, -0.2) is 81.4 Å². The van der Waals surface area contributed by atoms with Gasteiger partial charge in [0, 0.05) is 30.6 Å². The summed E-state index contributed by atoms with van der Waals surface area (Å²) in [4.78, 5) is 20.6. The number of aliphatic hydroxyl groups is 1. The Hall–Kier alpha value is -4.30. The summed E-state index contributed by atoms with van der Waals surface area (Å²) >= 11 is 1.10. The zero-order valence-electron chi connectivity index (χ0n) is 24.5. The van der Waals surface area contributed by atoms with E-state index in [4.69, 9.17) is 9.47 Å². The van der Waals surface area contributed by atoms with Crippen molar-refractivity contribution in [3.05, 3.63) is 64.2 Å². The molecular weight excluding hydrogens is 599 g/mol. The third-order valence-electron chi connectivity index (χ3n) is 7.05. The molecule has 1 fully saturated rings. The number of aromatic nitrogens is 3. The van der Waals surface area contributed by atoms with Gasteiger partial charge in [0.05, 0.1) is 37.0 Å². The molecule has 0 aliphatic carbocycles. The molecule has 0 saturated carbocycles. The van der Waals surface area contributed by atoms with Crippen LogP contribution in [0.5, 0.6) is 11.6 Å². The molecule has 1 unspecified atom stereocenters. The first-order valence-electron chi connectivity index (χ1n) is 13.7. The van der Waals surface area contributed by atoms with Crippen LogP contribution >= 0.6 is 11.3 Å². The van der Waals surface area contributed by atoms with Crippen molar-refractivity contribution in [1.82, 2.24) is 20.1 Å². The van der Waals surface area contributed by atoms with E-state index in [1.165, 1.54) is 30.2 Å². The fourth-order valence-corrected chi connectivity index (χ4v) is 5.97. The molecule has 10 nitrogen and oxygen atoms in total. The lowest BCUT2D eigenvalue weighted by Gasteiger charge is -2.40. The van der Waals surface area contributed by atoms with Gasteiger partial charge >= 0.3 is 12.3 Å². The van der Waals surface area contributed by atoms with Crippen molar-refractivity contribution >= 4 is 45.1 Å². The van der Waals surface area contributed by atoms with Gasteiger partial charge in [-0.2, -0.15) is 23.3 Å². The lowest BCUT2D eigenvalue weighted by atomic mass is 9.97. The van der Waals surface area contributed by atoms with Crippen molar-refractivity contribution in [2.24, 2.45) is 0 Å². The van der Waals surface area contributed by atoms with Crippen molar-refractivity contribution in [2.75, 3.05) is 38.3 Å². The average Bonchev–Trinajstić information content (AvgIpc) is 3.60. The van der Waals surface area contributed by atoms with E-state index < -0.39 is 29.5 Å². The van der Waals surface area contributed by atoms with Gasteiger partial charge in [-0.25, -0.2) is 4.79 Å². The summed E-state index contributed by atoms with van der Waals surface area (Å²) in [7, 11) is 1.29. The Morgan fingerprint density at radius 3 is 2.64 bits per heavy atom. The monoisotopic (exact) mass is 631 g/mol. The average molecular weight is 632 g/mol. The minimum Gasteiger partial charge on any atom is -0.497 e. The van der Waals surface area contributed by atoms with E-state index >= 15 is 0 Å². The standard InChI is InChI=1S/C30H32F3N5O5S/c1-29(2,3)43-28(41)38-10-9-37(15-20(38)16-39)27-35-26(40)25(44-27)22(17-6-8-24-19(11-17)14-34-36-24)12-18-5-7-21(42-4)13-23(18)30(31,32)33/h5-8,11-14,20,39-40H,9-10,15-16H2,1-4H3,(H,34,36). The molecule has 3 heterocycles. The van der Waals surface area contributed by atoms with Crippen LogP contribution in [0.2, 0.25) is 0 Å². The van der Waals surface area contributed by atoms with Crippen LogP contribution < -0.4 is 9.64 Å². The third kappa shape index (κ3) is 6.60. The minimum atomic E-state index is -4.67. The molecule has 2 aromatic carbocycles. The van der Waals surface area contributed by atoms with Gasteiger partial charge in [-0.3, -0.25) is 10.00 Å². The number of benzene rings is 2. The number of ether oxygens (including phenoxy) is 2. The van der Waals surface area contributed by atoms with Crippen LogP contribution in [0.1, 0.15) is 42.3 Å². The zero-order valence-corrected chi connectivity index (χ0v) is 25.3. The van der Waals surface area contributed by atoms with Crippen LogP contribution in [0.3, 0.4) is 0 Å². The molecule has 1 saturated heterocycles. The SMILES string of the molecule is COc1ccc(C=C(c2ccc3[nH]ncc3c2)c2sc(N3CCN(C(=O)OC(C)(C)C)C(CO)C3)nc2O)c(C(F)(F)F)c1. The zero-order chi connectivity index (χ0) is 31.8. The van der Waals surface area contributed by atoms with E-state index in [9.17, 15) is 28.2 Å². The summed E-state index contributed by atoms with van der Waals surface area (Å²) in [6, 6.07) is 8.34. The van der Waals surface area contributed by atoms with Gasteiger partial charge in [0.1, 0.15) is 16.2 Å². The maximum atomic E-state index is 14.1. The van der Waals surface area contributed by atoms with Crippen LogP contribution in [0.25, 0.3) is 22.6 Å². The molecule has 1 amide bonds. The Morgan fingerprint density at radius 1 is 1.18 bits per heavy atom. The highest BCUT2D eigenvalue weighted by molar-refractivity contribution is 7.17. The van der Waals surface area contributed by atoms with E-state index in [1.807, 2.05) is 4.90 Å². The fourth-order valence-electron chi connectivity index (χ4n) is 4.94. The van der Waals surface area contributed by atoms with Crippen LogP contribution in [0.15, 0.2) is 42.6 Å². The number of methoxy groups -OCH3 is 1. The Bertz CT molecular complexity index is 1690. The number of rotatable bonds is 6. The van der Waals surface area contributed by atoms with Crippen molar-refractivity contribution in [2.45, 2.75) is 38.6 Å². The molecule has 0 radical (unpaired) electrons. The number of anilines is 1. The number of fused-ring (bicyclic) bond motifs is 1. The summed E-state index contributed by atoms with van der Waals surface area (Å²) in [5.74, 6) is -0.302. The summed E-state index contributed by atoms with van der Waals surface area (Å²) < 4.78 is 52.9. The number of thiazole rings is 1. The number of piperazine rings is 1. The van der Waals surface area contributed by atoms with Gasteiger partial charge in [-0.1, -0.05) is 23.5 Å². The highest BCUT2D eigenvalue weighted by Crippen LogP contribution is 2.43. The number of aromatic amines is 1. The molecule has 0 bridgehead atoms. The predicted molar refractivity (Wildman–Crippen MR) is 161 cm³/mol. The number of nitrogens with zero attached hydrogens (tertiary/aromatic N) is 4. The highest BCUT2D eigenvalue weighted by atomic mass is 32.1. The molecular formula is C30H32F3N5O5S. The van der Waals surface area contributed by atoms with Gasteiger partial charge in [0.2, 0.25) is 5.88 Å². The molecule has 14 heteroatoms. The first-order valence-corrected chi connectivity index (χ1v) is 14.5. The normalized spacial score (nSPS) is 16.5. The van der Waals surface area contributed by atoms with E-state index in [-0.39, 0.29) is 41.8 Å². The first kappa shape index (κ1) is 31.1. The Labute approximate surface area is 255 Å². The Kier molecular flexibility index (Phi) is 8.49. The van der Waals surface area contributed by atoms with E-state index in [0.29, 0.717) is 22.8 Å². The summed E-state index contributed by atoms with van der Waals surface area (Å²) in [5, 5.41) is 29.2. The smallest absolute Gasteiger partial charge is 0.417 e. The van der Waals surface area contributed by atoms with Crippen LogP contribution in [0, 0.1) is 0 Å². The largest absolute Gasteiger partial charge is 0.497 e. The quantitative estimate of drug-likeness (QED) is 0.230. The predicted octanol–water partition coefficient (Wildman–Crippen LogP) is 5.76. The maximum absolute atomic E-state index is 14.1. The molecule has 2 aromatic heterocycles. The number of carbonyl (C=O) groups excluding carboxylic acids is 1. The molecule has 44 heavy (non-hydrogen) atoms. The Balaban J connectivity index is 1.55. The van der Waals surface area contributed by atoms with E-state index in [2.05, 4.69) is 15.2 Å². The number of hydrogen-bond donors (Lipinski definition) is 3. The minimum absolute atomic E-state index is 0.0581. The van der Waals surface area contributed by atoms with Gasteiger partial charge in [0.15, 0.2) is 5.13 Å². The number of aromatic hydroxyl groups is 1. The van der Waals surface area contributed by atoms with Crippen LogP contribution in [-0.2, 0) is 10.9 Å². The molecule has 1 aliphatic rings. The third-order valence-corrected chi connectivity index (χ3v) is 8.19. The first-order chi connectivity index (χ1) is 20.8. The number of nitrogens with one attached hydrogen (secondary N) is 1. The fraction of sp³-hybridized carbons (Fsp3) is 0.367. The molecule has 1 atom stereocenters. The van der Waals surface area contributed by atoms with Crippen molar-refractivity contribution < 1.29 is 37.7 Å². The topological polar surface area (TPSA) is 124 Å². The lowest BCUT2D eigenvalue weighted by Crippen LogP contribution is -2.57. The molecule has 4 aromatic rings. The second kappa shape index (κ2) is 12.0. The van der Waals surface area contributed by atoms with Crippen molar-refractivity contribution in [3.8, 4) is 11.6 Å². The number of H-pyrrole nitrogens is 1. The maximum Gasteiger partial charge on any atom is 0.417 e. The number of carbonyl (C=O) groups is 1. The van der Waals surface area contributed by atoms with E-state index in [0.717, 1.165) is 28.3 Å². The van der Waals surface area contributed by atoms with E-state index in [1.54, 1.807) is 45.2 Å². The van der Waals surface area contributed by atoms with Gasteiger partial charge in [-0.05, 0) is 62.2 Å². The van der Waals surface area contributed by atoms with Gasteiger partial charge < -0.3 is 24.6 Å². The summed E-state index contributed by atoms with van der Waals surface area (Å²) in [5.41, 5.74) is -0.135. The summed E-state index contributed by atoms with van der Waals surface area (Å²) in [6.45, 7) is 5.72. The van der Waals surface area contributed by atoms with Gasteiger partial charge in [-0.15, -0.1) is 0 Å². The molecule has 234 valence electrons. The number of alkyl halides is 3. The number of hydrogen-bond acceptors (Lipinski definition) is 9. The molecule has 1 aliphatic heterocycles. The van der Waals surface area contributed by atoms with Crippen molar-refractivity contribution in [3.63, 3.8) is 0 Å². The van der Waals surface area contributed by atoms with Gasteiger partial charge in [0.25, 0.3) is 0 Å². The van der Waals surface area contributed by atoms with Crippen LogP contribution in [0.4, 0.5) is 23.1 Å². The lowest BCUT2D eigenvalue weighted by molar-refractivity contribution is -0.137. The Morgan fingerprint density at radius 2 is 1.95 bits per heavy atom. The molecule has 0 spiro atoms. The molecule has 3 N–H and O–H groups in total. The number of aliphatic hydroxyl groups excluding tert-OH is 1. The van der Waals surface area contributed by atoms with Crippen molar-refractivity contribution in [1.29, 1.82) is 0 Å². The second-order valence-electron chi connectivity index (χ2n) is 11.3. The second-order valence-corrected chi connectivity index (χ2v) is 12.3. The summed E-state index contributed by atoms with van der Waals surface area (Å²) in [6.07, 6.45) is -2.24. The molecule has 5 rings (SSSR count). The highest BCUT2D eigenvalue weighted by Gasteiger charge is 2.36. The number of amides is 1.